The Bertz CT molecular complexity index is 1150. The number of rotatable bonds is 4. The van der Waals surface area contributed by atoms with Crippen molar-refractivity contribution in [1.82, 2.24) is 0 Å². The molecule has 0 bridgehead atoms. The molecule has 4 nitrogen and oxygen atoms in total. The first-order valence-corrected chi connectivity index (χ1v) is 9.56. The molecule has 0 N–H and O–H groups in total. The standard InChI is InChI=1S/C22H11Cl3O4/c23-12-1-6-15(7-2-12)28-21-19(26)17-10-5-14(25)11-18(17)20(27)22(21)29-16-8-3-13(24)4-9-16/h1-11H. The quantitative estimate of drug-likeness (QED) is 0.466. The average molecular weight is 446 g/mol. The molecule has 29 heavy (non-hydrogen) atoms. The van der Waals surface area contributed by atoms with Gasteiger partial charge in [-0.05, 0) is 66.7 Å². The van der Waals surface area contributed by atoms with Gasteiger partial charge in [-0.2, -0.15) is 0 Å². The number of ether oxygens (including phenoxy) is 2. The fourth-order valence-electron chi connectivity index (χ4n) is 2.78. The summed E-state index contributed by atoms with van der Waals surface area (Å²) in [5.74, 6) is -0.797. The Morgan fingerprint density at radius 1 is 0.517 bits per heavy atom. The van der Waals surface area contributed by atoms with Crippen molar-refractivity contribution in [2.75, 3.05) is 0 Å². The summed E-state index contributed by atoms with van der Waals surface area (Å²) in [6.07, 6.45) is 0. The Morgan fingerprint density at radius 3 is 1.41 bits per heavy atom. The van der Waals surface area contributed by atoms with Crippen LogP contribution in [0.4, 0.5) is 0 Å². The molecule has 0 radical (unpaired) electrons. The van der Waals surface area contributed by atoms with Gasteiger partial charge in [-0.15, -0.1) is 0 Å². The number of carbonyl (C=O) groups is 2. The number of fused-ring (bicyclic) bond motifs is 1. The van der Waals surface area contributed by atoms with Crippen LogP contribution in [0.5, 0.6) is 11.5 Å². The molecule has 0 amide bonds. The second kappa shape index (κ2) is 7.91. The van der Waals surface area contributed by atoms with Gasteiger partial charge in [0, 0.05) is 26.2 Å². The molecule has 1 aliphatic rings. The van der Waals surface area contributed by atoms with Gasteiger partial charge in [-0.25, -0.2) is 0 Å². The zero-order valence-corrected chi connectivity index (χ0v) is 16.9. The first-order chi connectivity index (χ1) is 13.9. The van der Waals surface area contributed by atoms with Crippen LogP contribution in [-0.2, 0) is 0 Å². The van der Waals surface area contributed by atoms with Gasteiger partial charge in [0.1, 0.15) is 11.5 Å². The van der Waals surface area contributed by atoms with E-state index in [0.717, 1.165) is 0 Å². The maximum Gasteiger partial charge on any atom is 0.233 e. The summed E-state index contributed by atoms with van der Waals surface area (Å²) in [7, 11) is 0. The van der Waals surface area contributed by atoms with E-state index in [4.69, 9.17) is 44.3 Å². The van der Waals surface area contributed by atoms with Crippen LogP contribution in [0.25, 0.3) is 0 Å². The summed E-state index contributed by atoms with van der Waals surface area (Å²) in [5.41, 5.74) is 0.335. The van der Waals surface area contributed by atoms with Crippen molar-refractivity contribution < 1.29 is 19.1 Å². The van der Waals surface area contributed by atoms with Crippen molar-refractivity contribution in [2.24, 2.45) is 0 Å². The predicted octanol–water partition coefficient (Wildman–Crippen LogP) is 6.40. The van der Waals surface area contributed by atoms with E-state index in [2.05, 4.69) is 0 Å². The van der Waals surface area contributed by atoms with E-state index in [1.807, 2.05) is 0 Å². The highest BCUT2D eigenvalue weighted by atomic mass is 35.5. The van der Waals surface area contributed by atoms with Gasteiger partial charge >= 0.3 is 0 Å². The molecule has 0 fully saturated rings. The molecule has 0 saturated heterocycles. The molecule has 3 aromatic carbocycles. The summed E-state index contributed by atoms with van der Waals surface area (Å²) in [6.45, 7) is 0. The summed E-state index contributed by atoms with van der Waals surface area (Å²) < 4.78 is 11.5. The van der Waals surface area contributed by atoms with Crippen molar-refractivity contribution in [3.8, 4) is 11.5 Å². The Kier molecular flexibility index (Phi) is 5.33. The molecule has 3 aromatic rings. The zero-order valence-electron chi connectivity index (χ0n) is 14.6. The van der Waals surface area contributed by atoms with Crippen molar-refractivity contribution in [3.63, 3.8) is 0 Å². The van der Waals surface area contributed by atoms with Gasteiger partial charge in [0.25, 0.3) is 0 Å². The number of carbonyl (C=O) groups excluding carboxylic acids is 2. The zero-order chi connectivity index (χ0) is 20.5. The molecule has 7 heteroatoms. The molecule has 144 valence electrons. The van der Waals surface area contributed by atoms with Gasteiger partial charge in [0.15, 0.2) is 0 Å². The van der Waals surface area contributed by atoms with E-state index >= 15 is 0 Å². The Hall–Kier alpha value is -2.79. The van der Waals surface area contributed by atoms with Crippen LogP contribution in [0.2, 0.25) is 15.1 Å². The molecular weight excluding hydrogens is 435 g/mol. The molecule has 4 rings (SSSR count). The van der Waals surface area contributed by atoms with Crippen LogP contribution in [0.1, 0.15) is 20.7 Å². The van der Waals surface area contributed by atoms with Crippen LogP contribution in [0.15, 0.2) is 78.2 Å². The molecule has 0 aliphatic heterocycles. The van der Waals surface area contributed by atoms with Crippen LogP contribution < -0.4 is 9.47 Å². The van der Waals surface area contributed by atoms with Gasteiger partial charge in [-0.1, -0.05) is 34.8 Å². The summed E-state index contributed by atoms with van der Waals surface area (Å²) in [6, 6.07) is 17.2. The highest BCUT2D eigenvalue weighted by molar-refractivity contribution is 6.33. The Labute approximate surface area is 181 Å². The molecule has 0 spiro atoms. The second-order valence-electron chi connectivity index (χ2n) is 6.12. The number of allylic oxidation sites excluding steroid dienone is 2. The molecule has 1 aliphatic carbocycles. The van der Waals surface area contributed by atoms with E-state index in [1.54, 1.807) is 48.5 Å². The maximum atomic E-state index is 13.1. The van der Waals surface area contributed by atoms with Crippen molar-refractivity contribution in [2.45, 2.75) is 0 Å². The topological polar surface area (TPSA) is 52.6 Å². The molecule has 0 saturated carbocycles. The number of ketones is 2. The number of halogens is 3. The minimum atomic E-state index is -0.513. The monoisotopic (exact) mass is 444 g/mol. The lowest BCUT2D eigenvalue weighted by molar-refractivity contribution is 0.0897. The third kappa shape index (κ3) is 4.01. The van der Waals surface area contributed by atoms with Crippen LogP contribution in [-0.4, -0.2) is 11.6 Å². The Balaban J connectivity index is 1.81. The molecule has 0 heterocycles. The summed E-state index contributed by atoms with van der Waals surface area (Å²) >= 11 is 17.8. The van der Waals surface area contributed by atoms with Crippen molar-refractivity contribution >= 4 is 46.4 Å². The van der Waals surface area contributed by atoms with Crippen molar-refractivity contribution in [1.29, 1.82) is 0 Å². The van der Waals surface area contributed by atoms with E-state index in [1.165, 1.54) is 18.2 Å². The Morgan fingerprint density at radius 2 is 0.931 bits per heavy atom. The van der Waals surface area contributed by atoms with E-state index in [0.29, 0.717) is 26.6 Å². The fourth-order valence-corrected chi connectivity index (χ4v) is 3.20. The fraction of sp³-hybridized carbons (Fsp3) is 0. The van der Waals surface area contributed by atoms with Gasteiger partial charge in [0.2, 0.25) is 23.1 Å². The molecule has 0 aromatic heterocycles. The van der Waals surface area contributed by atoms with E-state index in [-0.39, 0.29) is 22.6 Å². The van der Waals surface area contributed by atoms with Gasteiger partial charge in [-0.3, -0.25) is 9.59 Å². The lowest BCUT2D eigenvalue weighted by atomic mass is 9.92. The lowest BCUT2D eigenvalue weighted by Gasteiger charge is -2.21. The first-order valence-electron chi connectivity index (χ1n) is 8.42. The predicted molar refractivity (Wildman–Crippen MR) is 111 cm³/mol. The van der Waals surface area contributed by atoms with E-state index < -0.39 is 11.6 Å². The molecular formula is C22H11Cl3O4. The molecule has 0 atom stereocenters. The first kappa shape index (κ1) is 19.5. The average Bonchev–Trinajstić information content (AvgIpc) is 2.71. The SMILES string of the molecule is O=C1C(Oc2ccc(Cl)cc2)=C(Oc2ccc(Cl)cc2)C(=O)c2cc(Cl)ccc21. The normalized spacial score (nSPS) is 13.3. The maximum absolute atomic E-state index is 13.1. The number of Topliss-reactive ketones (excluding diaryl/α,β-unsaturated/α-hetero) is 2. The largest absolute Gasteiger partial charge is 0.449 e. The van der Waals surface area contributed by atoms with Crippen LogP contribution in [0.3, 0.4) is 0 Å². The van der Waals surface area contributed by atoms with Gasteiger partial charge < -0.3 is 9.47 Å². The summed E-state index contributed by atoms with van der Waals surface area (Å²) in [5, 5.41) is 1.35. The van der Waals surface area contributed by atoms with Crippen LogP contribution in [0, 0.1) is 0 Å². The highest BCUT2D eigenvalue weighted by Gasteiger charge is 2.36. The van der Waals surface area contributed by atoms with E-state index in [9.17, 15) is 9.59 Å². The third-order valence-corrected chi connectivity index (χ3v) is 4.90. The minimum absolute atomic E-state index is 0.148. The second-order valence-corrected chi connectivity index (χ2v) is 7.43. The summed E-state index contributed by atoms with van der Waals surface area (Å²) in [4.78, 5) is 26.2. The van der Waals surface area contributed by atoms with Crippen molar-refractivity contribution in [3.05, 3.63) is 104 Å². The van der Waals surface area contributed by atoms with Gasteiger partial charge in [0.05, 0.1) is 0 Å². The van der Waals surface area contributed by atoms with Crippen LogP contribution >= 0.6 is 34.8 Å². The minimum Gasteiger partial charge on any atom is -0.449 e. The third-order valence-electron chi connectivity index (χ3n) is 4.16. The highest BCUT2D eigenvalue weighted by Crippen LogP contribution is 2.32. The number of benzene rings is 3. The number of hydrogen-bond donors (Lipinski definition) is 0. The number of hydrogen-bond acceptors (Lipinski definition) is 4. The molecule has 0 unspecified atom stereocenters. The smallest absolute Gasteiger partial charge is 0.233 e. The lowest BCUT2D eigenvalue weighted by Crippen LogP contribution is -2.27.